The quantitative estimate of drug-likeness (QED) is 0.301. The molecule has 5 aliphatic rings. The van der Waals surface area contributed by atoms with Crippen molar-refractivity contribution in [3.8, 4) is 12.1 Å². The molecule has 0 radical (unpaired) electrons. The molecule has 4 fully saturated rings. The van der Waals surface area contributed by atoms with Gasteiger partial charge in [0.15, 0.2) is 6.23 Å². The van der Waals surface area contributed by atoms with Gasteiger partial charge in [0.25, 0.3) is 0 Å². The minimum absolute atomic E-state index is 0.0361. The minimum atomic E-state index is -0.251. The highest BCUT2D eigenvalue weighted by Gasteiger charge is 2.49. The molecule has 3 saturated heterocycles. The molecule has 0 spiro atoms. The van der Waals surface area contributed by atoms with Gasteiger partial charge < -0.3 is 29.1 Å². The number of anilines is 2. The second-order valence-electron chi connectivity index (χ2n) is 15.4. The molecule has 1 aromatic carbocycles. The van der Waals surface area contributed by atoms with Crippen LogP contribution >= 0.6 is 0 Å². The van der Waals surface area contributed by atoms with E-state index in [4.69, 9.17) is 24.5 Å². The number of carbonyl (C=O) groups excluding carboxylic acids is 1. The number of aryl methyl sites for hydroxylation is 1. The Balaban J connectivity index is 1.12. The van der Waals surface area contributed by atoms with Gasteiger partial charge in [-0.25, -0.2) is 4.68 Å². The smallest absolute Gasteiger partial charge is 0.318 e. The first-order chi connectivity index (χ1) is 25.3. The van der Waals surface area contributed by atoms with Crippen molar-refractivity contribution >= 4 is 28.3 Å². The molecule has 0 bridgehead atoms. The highest BCUT2D eigenvalue weighted by molar-refractivity contribution is 5.95. The summed E-state index contributed by atoms with van der Waals surface area (Å²) < 4.78 is 14.8. The largest absolute Gasteiger partial charge is 0.461 e. The number of hydrogen-bond acceptors (Lipinski definition) is 11. The number of benzene rings is 1. The third-order valence-electron chi connectivity index (χ3n) is 12.2. The number of nitrogens with zero attached hydrogens (tertiary/aromatic N) is 10. The second kappa shape index (κ2) is 14.3. The summed E-state index contributed by atoms with van der Waals surface area (Å²) in [6, 6.07) is 4.71. The van der Waals surface area contributed by atoms with E-state index >= 15 is 0 Å². The number of piperazine rings is 2. The number of amides is 1. The van der Waals surface area contributed by atoms with Gasteiger partial charge in [-0.3, -0.25) is 9.69 Å². The summed E-state index contributed by atoms with van der Waals surface area (Å²) in [5.41, 5.74) is 6.92. The molecule has 0 N–H and O–H groups in total. The Bertz CT molecular complexity index is 1870. The van der Waals surface area contributed by atoms with Crippen molar-refractivity contribution in [2.24, 2.45) is 0 Å². The molecule has 13 heteroatoms. The third kappa shape index (κ3) is 6.50. The normalized spacial score (nSPS) is 23.7. The average Bonchev–Trinajstić information content (AvgIpc) is 3.85. The SMILES string of the molecule is C=CC(=O)N1CCN(c2nc(OCC3(N4CCN(C)CC4)CC3)nc3c2CCN(c2c(C)c(C)cc4c2cnn4C2CCCCO2)C3)C[C@@H]1CC#N. The van der Waals surface area contributed by atoms with Crippen LogP contribution in [-0.2, 0) is 22.5 Å². The Morgan fingerprint density at radius 1 is 1.12 bits per heavy atom. The highest BCUT2D eigenvalue weighted by Crippen LogP contribution is 2.43. The number of carbonyl (C=O) groups is 1. The van der Waals surface area contributed by atoms with Gasteiger partial charge in [-0.2, -0.15) is 20.3 Å². The first-order valence-corrected chi connectivity index (χ1v) is 19.1. The predicted molar refractivity (Wildman–Crippen MR) is 200 cm³/mol. The Kier molecular flexibility index (Phi) is 9.57. The summed E-state index contributed by atoms with van der Waals surface area (Å²) in [5, 5.41) is 15.7. The van der Waals surface area contributed by atoms with Crippen LogP contribution in [0.1, 0.15) is 67.1 Å². The number of fused-ring (bicyclic) bond motifs is 2. The maximum atomic E-state index is 12.7. The van der Waals surface area contributed by atoms with Gasteiger partial charge >= 0.3 is 6.01 Å². The van der Waals surface area contributed by atoms with E-state index in [0.29, 0.717) is 38.8 Å². The van der Waals surface area contributed by atoms with Crippen LogP contribution in [0.15, 0.2) is 24.9 Å². The molecule has 276 valence electrons. The molecule has 3 aromatic rings. The number of ether oxygens (including phenoxy) is 2. The van der Waals surface area contributed by atoms with Gasteiger partial charge in [0.2, 0.25) is 5.91 Å². The summed E-state index contributed by atoms with van der Waals surface area (Å²) in [6.45, 7) is 16.7. The van der Waals surface area contributed by atoms with Gasteiger partial charge in [0.05, 0.1) is 53.7 Å². The number of aromatic nitrogens is 4. The lowest BCUT2D eigenvalue weighted by atomic mass is 9.98. The zero-order valence-electron chi connectivity index (χ0n) is 31.0. The number of likely N-dealkylation sites (N-methyl/N-ethyl adjacent to an activating group) is 1. The van der Waals surface area contributed by atoms with Crippen molar-refractivity contribution in [3.05, 3.63) is 47.3 Å². The second-order valence-corrected chi connectivity index (χ2v) is 15.4. The van der Waals surface area contributed by atoms with Crippen molar-refractivity contribution in [1.29, 1.82) is 5.26 Å². The molecule has 13 nitrogen and oxygen atoms in total. The Hall–Kier alpha value is -4.25. The topological polar surface area (TPSA) is 119 Å². The van der Waals surface area contributed by atoms with Crippen molar-refractivity contribution in [3.63, 3.8) is 0 Å². The first-order valence-electron chi connectivity index (χ1n) is 19.1. The van der Waals surface area contributed by atoms with Crippen LogP contribution in [0.25, 0.3) is 10.9 Å². The zero-order valence-corrected chi connectivity index (χ0v) is 31.0. The number of rotatable bonds is 9. The van der Waals surface area contributed by atoms with Crippen LogP contribution in [0.2, 0.25) is 0 Å². The van der Waals surface area contributed by atoms with Gasteiger partial charge in [0.1, 0.15) is 12.4 Å². The molecular weight excluding hydrogens is 656 g/mol. The molecule has 2 atom stereocenters. The van der Waals surface area contributed by atoms with E-state index in [1.54, 1.807) is 4.90 Å². The van der Waals surface area contributed by atoms with Gasteiger partial charge in [-0.1, -0.05) is 6.58 Å². The number of nitriles is 1. The lowest BCUT2D eigenvalue weighted by Crippen LogP contribution is -2.55. The lowest BCUT2D eigenvalue weighted by molar-refractivity contribution is -0.128. The molecule has 1 unspecified atom stereocenters. The predicted octanol–water partition coefficient (Wildman–Crippen LogP) is 3.98. The van der Waals surface area contributed by atoms with E-state index in [0.717, 1.165) is 106 Å². The summed E-state index contributed by atoms with van der Waals surface area (Å²) in [5.74, 6) is 0.729. The first kappa shape index (κ1) is 34.8. The van der Waals surface area contributed by atoms with Gasteiger partial charge in [-0.15, -0.1) is 0 Å². The van der Waals surface area contributed by atoms with Crippen LogP contribution < -0.4 is 14.5 Å². The molecule has 1 amide bonds. The lowest BCUT2D eigenvalue weighted by Gasteiger charge is -2.42. The molecule has 2 aromatic heterocycles. The summed E-state index contributed by atoms with van der Waals surface area (Å²) >= 11 is 0. The highest BCUT2D eigenvalue weighted by atomic mass is 16.5. The molecule has 4 aliphatic heterocycles. The van der Waals surface area contributed by atoms with E-state index in [1.165, 1.54) is 22.9 Å². The van der Waals surface area contributed by atoms with Crippen LogP contribution in [-0.4, -0.2) is 125 Å². The van der Waals surface area contributed by atoms with E-state index in [9.17, 15) is 10.1 Å². The summed E-state index contributed by atoms with van der Waals surface area (Å²) in [6.07, 6.45) is 9.79. The summed E-state index contributed by atoms with van der Waals surface area (Å²) in [4.78, 5) is 34.5. The molecular formula is C39H52N10O3. The molecule has 8 rings (SSSR count). The Morgan fingerprint density at radius 3 is 2.67 bits per heavy atom. The Morgan fingerprint density at radius 2 is 1.94 bits per heavy atom. The zero-order chi connectivity index (χ0) is 36.0. The molecule has 1 saturated carbocycles. The number of hydrogen-bond donors (Lipinski definition) is 0. The van der Waals surface area contributed by atoms with Gasteiger partial charge in [-0.05, 0) is 82.7 Å². The fourth-order valence-corrected chi connectivity index (χ4v) is 8.77. The standard InChI is InChI=1S/C39H52N10O3/c1-5-34(50)48-20-17-46(24-29(48)9-13-40)37-30-10-14-45(36-28(3)27(2)22-33-31(36)23-41-49(33)35-8-6-7-21-51-35)25-32(30)42-38(43-37)52-26-39(11-12-39)47-18-15-44(4)16-19-47/h5,22-23,29,35H,1,6-12,14-21,24-26H2,2-4H3/t29-,35?/m0/s1. The minimum Gasteiger partial charge on any atom is -0.461 e. The third-order valence-corrected chi connectivity index (χ3v) is 12.2. The average molecular weight is 709 g/mol. The van der Waals surface area contributed by atoms with Crippen molar-refractivity contribution in [1.82, 2.24) is 34.4 Å². The van der Waals surface area contributed by atoms with E-state index in [-0.39, 0.29) is 30.1 Å². The monoisotopic (exact) mass is 708 g/mol. The van der Waals surface area contributed by atoms with Crippen LogP contribution in [0, 0.1) is 25.2 Å². The maximum Gasteiger partial charge on any atom is 0.318 e. The van der Waals surface area contributed by atoms with Crippen LogP contribution in [0.4, 0.5) is 11.5 Å². The van der Waals surface area contributed by atoms with Crippen molar-refractivity contribution in [2.45, 2.75) is 83.1 Å². The molecule has 52 heavy (non-hydrogen) atoms. The van der Waals surface area contributed by atoms with E-state index in [2.05, 4.69) is 63.9 Å². The Labute approximate surface area is 306 Å². The van der Waals surface area contributed by atoms with E-state index < -0.39 is 0 Å². The fraction of sp³-hybridized carbons (Fsp3) is 0.615. The van der Waals surface area contributed by atoms with Crippen LogP contribution in [0.5, 0.6) is 6.01 Å². The van der Waals surface area contributed by atoms with Crippen LogP contribution in [0.3, 0.4) is 0 Å². The molecule has 6 heterocycles. The maximum absolute atomic E-state index is 12.7. The van der Waals surface area contributed by atoms with Crippen molar-refractivity contribution < 1.29 is 14.3 Å². The van der Waals surface area contributed by atoms with E-state index in [1.807, 2.05) is 6.20 Å². The molecule has 1 aliphatic carbocycles. The van der Waals surface area contributed by atoms with Crippen molar-refractivity contribution in [2.75, 3.05) is 82.4 Å². The van der Waals surface area contributed by atoms with Gasteiger partial charge in [0, 0.05) is 69.9 Å². The fourth-order valence-electron chi connectivity index (χ4n) is 8.77. The summed E-state index contributed by atoms with van der Waals surface area (Å²) in [7, 11) is 2.19.